The highest BCUT2D eigenvalue weighted by molar-refractivity contribution is 5.90. The molecule has 0 aliphatic heterocycles. The number of benzene rings is 1. The quantitative estimate of drug-likeness (QED) is 0.485. The number of nitriles is 1. The lowest BCUT2D eigenvalue weighted by atomic mass is 10.0. The summed E-state index contributed by atoms with van der Waals surface area (Å²) in [7, 11) is 0. The Morgan fingerprint density at radius 3 is 2.72 bits per heavy atom. The average molecular weight is 429 g/mol. The maximum atomic E-state index is 14.8. The summed E-state index contributed by atoms with van der Waals surface area (Å²) in [4.78, 5) is 23.8. The first-order valence-electron chi connectivity index (χ1n) is 9.36. The van der Waals surface area contributed by atoms with E-state index in [1.165, 1.54) is 16.9 Å². The highest BCUT2D eigenvalue weighted by Crippen LogP contribution is 2.28. The van der Waals surface area contributed by atoms with E-state index in [2.05, 4.69) is 31.3 Å². The van der Waals surface area contributed by atoms with Crippen molar-refractivity contribution in [1.82, 2.24) is 29.9 Å². The summed E-state index contributed by atoms with van der Waals surface area (Å²) in [5.74, 6) is -1.66. The SMILES string of the molecule is Cc1c(C#N)cccc1-c1nc(N)c(F)c(-c2cn(Cc3cccc(C(N)=O)n3)nn2)n1. The number of carbonyl (C=O) groups is 1. The predicted molar refractivity (Wildman–Crippen MR) is 112 cm³/mol. The number of rotatable bonds is 5. The summed E-state index contributed by atoms with van der Waals surface area (Å²) in [5.41, 5.74) is 13.4. The van der Waals surface area contributed by atoms with Crippen LogP contribution in [0.15, 0.2) is 42.6 Å². The van der Waals surface area contributed by atoms with Crippen LogP contribution in [0.1, 0.15) is 27.3 Å². The Bertz CT molecular complexity index is 1390. The number of amides is 1. The number of nitrogens with zero attached hydrogens (tertiary/aromatic N) is 7. The van der Waals surface area contributed by atoms with Crippen LogP contribution in [0, 0.1) is 24.1 Å². The third-order valence-corrected chi connectivity index (χ3v) is 4.74. The van der Waals surface area contributed by atoms with Gasteiger partial charge in [-0.3, -0.25) is 4.79 Å². The second kappa shape index (κ2) is 8.19. The van der Waals surface area contributed by atoms with Gasteiger partial charge in [0.2, 0.25) is 0 Å². The average Bonchev–Trinajstić information content (AvgIpc) is 3.24. The molecule has 10 nitrogen and oxygen atoms in total. The maximum Gasteiger partial charge on any atom is 0.267 e. The van der Waals surface area contributed by atoms with Crippen LogP contribution in [0.4, 0.5) is 10.2 Å². The smallest absolute Gasteiger partial charge is 0.267 e. The van der Waals surface area contributed by atoms with Gasteiger partial charge in [-0.2, -0.15) is 5.26 Å². The highest BCUT2D eigenvalue weighted by atomic mass is 19.1. The lowest BCUT2D eigenvalue weighted by Gasteiger charge is -2.09. The van der Waals surface area contributed by atoms with Gasteiger partial charge >= 0.3 is 0 Å². The molecule has 0 bridgehead atoms. The van der Waals surface area contributed by atoms with Crippen LogP contribution in [0.2, 0.25) is 0 Å². The van der Waals surface area contributed by atoms with Crippen molar-refractivity contribution in [2.75, 3.05) is 5.73 Å². The van der Waals surface area contributed by atoms with Crippen LogP contribution >= 0.6 is 0 Å². The van der Waals surface area contributed by atoms with Crippen molar-refractivity contribution in [3.63, 3.8) is 0 Å². The molecule has 0 aliphatic rings. The second-order valence-corrected chi connectivity index (χ2v) is 6.86. The summed E-state index contributed by atoms with van der Waals surface area (Å²) in [6.45, 7) is 1.92. The minimum atomic E-state index is -0.830. The van der Waals surface area contributed by atoms with Gasteiger partial charge in [-0.1, -0.05) is 23.4 Å². The first-order valence-corrected chi connectivity index (χ1v) is 9.36. The summed E-state index contributed by atoms with van der Waals surface area (Å²) >= 11 is 0. The van der Waals surface area contributed by atoms with Crippen LogP contribution in [0.5, 0.6) is 0 Å². The molecular formula is C21H16FN9O. The van der Waals surface area contributed by atoms with Crippen LogP contribution < -0.4 is 11.5 Å². The number of nitrogen functional groups attached to an aromatic ring is 1. The van der Waals surface area contributed by atoms with Gasteiger partial charge in [0.25, 0.3) is 5.91 Å². The van der Waals surface area contributed by atoms with E-state index in [1.807, 2.05) is 0 Å². The van der Waals surface area contributed by atoms with Crippen molar-refractivity contribution in [2.24, 2.45) is 5.73 Å². The summed E-state index contributed by atoms with van der Waals surface area (Å²) in [6.07, 6.45) is 1.48. The molecule has 3 heterocycles. The molecule has 0 radical (unpaired) electrons. The molecule has 4 N–H and O–H groups in total. The van der Waals surface area contributed by atoms with Gasteiger partial charge in [-0.15, -0.1) is 5.10 Å². The molecule has 0 atom stereocenters. The van der Waals surface area contributed by atoms with E-state index in [4.69, 9.17) is 11.5 Å². The molecule has 0 saturated heterocycles. The topological polar surface area (TPSA) is 162 Å². The molecule has 32 heavy (non-hydrogen) atoms. The monoisotopic (exact) mass is 429 g/mol. The number of halogens is 1. The first kappa shape index (κ1) is 20.5. The molecule has 1 amide bonds. The molecule has 0 saturated carbocycles. The van der Waals surface area contributed by atoms with Crippen LogP contribution in [-0.2, 0) is 6.54 Å². The van der Waals surface area contributed by atoms with Gasteiger partial charge in [-0.05, 0) is 30.7 Å². The maximum absolute atomic E-state index is 14.8. The largest absolute Gasteiger partial charge is 0.381 e. The van der Waals surface area contributed by atoms with Crippen molar-refractivity contribution < 1.29 is 9.18 Å². The fraction of sp³-hybridized carbons (Fsp3) is 0.0952. The van der Waals surface area contributed by atoms with Crippen molar-refractivity contribution >= 4 is 11.7 Å². The lowest BCUT2D eigenvalue weighted by molar-refractivity contribution is 0.0995. The molecule has 158 valence electrons. The number of nitrogens with two attached hydrogens (primary N) is 2. The minimum absolute atomic E-state index is 0.122. The summed E-state index contributed by atoms with van der Waals surface area (Å²) < 4.78 is 16.2. The predicted octanol–water partition coefficient (Wildman–Crippen LogP) is 1.85. The van der Waals surface area contributed by atoms with E-state index >= 15 is 0 Å². The standard InChI is InChI=1S/C21H16FN9O/c1-11-12(8-23)4-2-6-14(11)21-27-18(17(22)19(24)28-21)16-10-31(30-29-16)9-13-5-3-7-15(26-13)20(25)32/h2-7,10H,9H2,1H3,(H2,25,32)(H2,24,27,28). The fourth-order valence-corrected chi connectivity index (χ4v) is 3.11. The third-order valence-electron chi connectivity index (χ3n) is 4.74. The molecule has 0 unspecified atom stereocenters. The normalized spacial score (nSPS) is 10.7. The molecular weight excluding hydrogens is 413 g/mol. The summed E-state index contributed by atoms with van der Waals surface area (Å²) in [6, 6.07) is 12.0. The minimum Gasteiger partial charge on any atom is -0.381 e. The molecule has 3 aromatic heterocycles. The Kier molecular flexibility index (Phi) is 5.26. The Morgan fingerprint density at radius 1 is 1.19 bits per heavy atom. The second-order valence-electron chi connectivity index (χ2n) is 6.86. The molecule has 4 aromatic rings. The number of hydrogen-bond donors (Lipinski definition) is 2. The molecule has 1 aromatic carbocycles. The van der Waals surface area contributed by atoms with Gasteiger partial charge in [0, 0.05) is 5.56 Å². The molecule has 4 rings (SSSR count). The number of carbonyl (C=O) groups excluding carboxylic acids is 1. The Morgan fingerprint density at radius 2 is 1.97 bits per heavy atom. The third kappa shape index (κ3) is 3.84. The zero-order valence-electron chi connectivity index (χ0n) is 16.8. The van der Waals surface area contributed by atoms with Crippen LogP contribution in [0.25, 0.3) is 22.8 Å². The number of anilines is 1. The van der Waals surface area contributed by atoms with Gasteiger partial charge in [-0.25, -0.2) is 24.0 Å². The van der Waals surface area contributed by atoms with Crippen molar-refractivity contribution in [1.29, 1.82) is 5.26 Å². The van der Waals surface area contributed by atoms with Crippen molar-refractivity contribution in [3.8, 4) is 28.8 Å². The zero-order chi connectivity index (χ0) is 22.8. The van der Waals surface area contributed by atoms with Gasteiger partial charge < -0.3 is 11.5 Å². The Balaban J connectivity index is 1.71. The number of aromatic nitrogens is 6. The highest BCUT2D eigenvalue weighted by Gasteiger charge is 2.19. The molecule has 0 spiro atoms. The number of primary amides is 1. The number of pyridine rings is 1. The lowest BCUT2D eigenvalue weighted by Crippen LogP contribution is -2.14. The molecule has 0 fully saturated rings. The Hall–Kier alpha value is -4.72. The zero-order valence-corrected chi connectivity index (χ0v) is 16.8. The van der Waals surface area contributed by atoms with Gasteiger partial charge in [0.1, 0.15) is 17.1 Å². The van der Waals surface area contributed by atoms with E-state index in [0.717, 1.165) is 0 Å². The van der Waals surface area contributed by atoms with E-state index in [0.29, 0.717) is 22.4 Å². The van der Waals surface area contributed by atoms with E-state index in [-0.39, 0.29) is 35.3 Å². The fourth-order valence-electron chi connectivity index (χ4n) is 3.11. The van der Waals surface area contributed by atoms with Gasteiger partial charge in [0.15, 0.2) is 17.5 Å². The summed E-state index contributed by atoms with van der Waals surface area (Å²) in [5, 5.41) is 17.2. The van der Waals surface area contributed by atoms with Gasteiger partial charge in [0.05, 0.1) is 30.1 Å². The van der Waals surface area contributed by atoms with Crippen LogP contribution in [-0.4, -0.2) is 35.9 Å². The van der Waals surface area contributed by atoms with Crippen LogP contribution in [0.3, 0.4) is 0 Å². The number of hydrogen-bond acceptors (Lipinski definition) is 8. The van der Waals surface area contributed by atoms with Crippen molar-refractivity contribution in [3.05, 3.63) is 70.9 Å². The Labute approximate surface area is 181 Å². The van der Waals surface area contributed by atoms with E-state index < -0.39 is 11.7 Å². The van der Waals surface area contributed by atoms with E-state index in [1.54, 1.807) is 37.3 Å². The van der Waals surface area contributed by atoms with E-state index in [9.17, 15) is 14.4 Å². The molecule has 11 heteroatoms. The van der Waals surface area contributed by atoms with Crippen molar-refractivity contribution in [2.45, 2.75) is 13.5 Å². The molecule has 0 aliphatic carbocycles. The first-order chi connectivity index (χ1) is 15.4.